The molecular formula is C27H30O4. The Bertz CT molecular complexity index is 1020. The maximum absolute atomic E-state index is 12.0. The summed E-state index contributed by atoms with van der Waals surface area (Å²) in [6, 6.07) is 22.6. The summed E-state index contributed by atoms with van der Waals surface area (Å²) < 4.78 is 16.5. The molecule has 0 aromatic heterocycles. The van der Waals surface area contributed by atoms with Crippen LogP contribution in [0.3, 0.4) is 0 Å². The van der Waals surface area contributed by atoms with Gasteiger partial charge in [0.1, 0.15) is 12.4 Å². The van der Waals surface area contributed by atoms with E-state index in [0.29, 0.717) is 26.2 Å². The molecule has 0 fully saturated rings. The van der Waals surface area contributed by atoms with E-state index in [2.05, 4.69) is 55.5 Å². The minimum Gasteiger partial charge on any atom is -0.490 e. The lowest BCUT2D eigenvalue weighted by molar-refractivity contribution is -0.156. The first-order valence-corrected chi connectivity index (χ1v) is 10.8. The van der Waals surface area contributed by atoms with Crippen LogP contribution >= 0.6 is 0 Å². The van der Waals surface area contributed by atoms with Crippen molar-refractivity contribution in [1.82, 2.24) is 0 Å². The van der Waals surface area contributed by atoms with Crippen molar-refractivity contribution in [2.75, 3.05) is 19.8 Å². The maximum atomic E-state index is 12.0. The van der Waals surface area contributed by atoms with E-state index in [1.54, 1.807) is 6.92 Å². The highest BCUT2D eigenvalue weighted by Crippen LogP contribution is 2.21. The molecule has 0 spiro atoms. The lowest BCUT2D eigenvalue weighted by Crippen LogP contribution is -2.28. The summed E-state index contributed by atoms with van der Waals surface area (Å²) in [5.41, 5.74) is 3.37. The number of hydrogen-bond donors (Lipinski definition) is 0. The van der Waals surface area contributed by atoms with Crippen LogP contribution in [0.25, 0.3) is 16.3 Å². The molecule has 0 saturated carbocycles. The Labute approximate surface area is 184 Å². The molecule has 3 rings (SSSR count). The average Bonchev–Trinajstić information content (AvgIpc) is 2.79. The summed E-state index contributed by atoms with van der Waals surface area (Å²) in [6.45, 7) is 7.07. The molecule has 0 bridgehead atoms. The van der Waals surface area contributed by atoms with Crippen LogP contribution < -0.4 is 4.74 Å². The normalized spacial score (nSPS) is 12.5. The van der Waals surface area contributed by atoms with Crippen molar-refractivity contribution >= 4 is 22.3 Å². The minimum absolute atomic E-state index is 0.320. The van der Waals surface area contributed by atoms with Crippen molar-refractivity contribution in [3.63, 3.8) is 0 Å². The Balaban J connectivity index is 1.57. The Morgan fingerprint density at radius 3 is 2.39 bits per heavy atom. The molecule has 0 aliphatic carbocycles. The van der Waals surface area contributed by atoms with Crippen molar-refractivity contribution in [2.45, 2.75) is 33.3 Å². The molecule has 0 aliphatic heterocycles. The smallest absolute Gasteiger partial charge is 0.335 e. The van der Waals surface area contributed by atoms with Crippen molar-refractivity contribution in [1.29, 1.82) is 0 Å². The third-order valence-electron chi connectivity index (χ3n) is 5.11. The Hall–Kier alpha value is -3.11. The van der Waals surface area contributed by atoms with Crippen LogP contribution in [0, 0.1) is 0 Å². The second-order valence-electron chi connectivity index (χ2n) is 7.30. The molecule has 0 saturated heterocycles. The number of rotatable bonds is 10. The van der Waals surface area contributed by atoms with Crippen molar-refractivity contribution in [2.24, 2.45) is 0 Å². The molecule has 0 N–H and O–H groups in total. The predicted molar refractivity (Wildman–Crippen MR) is 125 cm³/mol. The highest BCUT2D eigenvalue weighted by Gasteiger charge is 2.20. The predicted octanol–water partition coefficient (Wildman–Crippen LogP) is 5.83. The number of allylic oxidation sites excluding steroid dienone is 1. The Morgan fingerprint density at radius 2 is 1.68 bits per heavy atom. The van der Waals surface area contributed by atoms with Gasteiger partial charge in [-0.3, -0.25) is 0 Å². The summed E-state index contributed by atoms with van der Waals surface area (Å²) in [7, 11) is 0. The van der Waals surface area contributed by atoms with E-state index in [1.807, 2.05) is 31.2 Å². The maximum Gasteiger partial charge on any atom is 0.335 e. The summed E-state index contributed by atoms with van der Waals surface area (Å²) in [4.78, 5) is 12.0. The molecule has 0 unspecified atom stereocenters. The number of fused-ring (bicyclic) bond motifs is 1. The van der Waals surface area contributed by atoms with Gasteiger partial charge in [0.2, 0.25) is 0 Å². The Morgan fingerprint density at radius 1 is 0.935 bits per heavy atom. The minimum atomic E-state index is -0.579. The van der Waals surface area contributed by atoms with E-state index >= 15 is 0 Å². The van der Waals surface area contributed by atoms with Crippen LogP contribution in [0.2, 0.25) is 0 Å². The van der Waals surface area contributed by atoms with E-state index in [9.17, 15) is 4.79 Å². The van der Waals surface area contributed by atoms with Crippen LogP contribution in [0.15, 0.2) is 72.8 Å². The highest BCUT2D eigenvalue weighted by molar-refractivity contribution is 5.86. The van der Waals surface area contributed by atoms with E-state index in [-0.39, 0.29) is 5.97 Å². The zero-order chi connectivity index (χ0) is 22.1. The number of esters is 1. The molecule has 3 aromatic carbocycles. The van der Waals surface area contributed by atoms with Crippen molar-refractivity contribution in [3.05, 3.63) is 83.9 Å². The summed E-state index contributed by atoms with van der Waals surface area (Å²) in [6.07, 6.45) is 1.99. The van der Waals surface area contributed by atoms with Gasteiger partial charge in [-0.25, -0.2) is 4.79 Å². The molecule has 3 aromatic rings. The van der Waals surface area contributed by atoms with Crippen LogP contribution in [-0.4, -0.2) is 31.9 Å². The number of carbonyl (C=O) groups is 1. The number of ether oxygens (including phenoxy) is 3. The SMILES string of the molecule is CCOC(=O)[C@H](Cc1ccc(OCC=C(C)c2ccc3ccccc3c2)cc1)OCC. The standard InChI is InChI=1S/C27H30O4/c1-4-29-26(27(28)30-5-2)18-21-10-14-25(15-11-21)31-17-16-20(3)23-13-12-22-8-6-7-9-24(22)19-23/h6-16,19,26H,4-5,17-18H2,1-3H3/t26-/m0/s1. The van der Waals surface area contributed by atoms with Gasteiger partial charge in [0.05, 0.1) is 6.61 Å². The first kappa shape index (κ1) is 22.6. The van der Waals surface area contributed by atoms with Gasteiger partial charge in [0.15, 0.2) is 6.10 Å². The van der Waals surface area contributed by atoms with Gasteiger partial charge in [-0.05, 0) is 72.5 Å². The lowest BCUT2D eigenvalue weighted by atomic mass is 10.0. The van der Waals surface area contributed by atoms with Gasteiger partial charge in [-0.2, -0.15) is 0 Å². The van der Waals surface area contributed by atoms with Gasteiger partial charge >= 0.3 is 5.97 Å². The fourth-order valence-corrected chi connectivity index (χ4v) is 3.40. The van der Waals surface area contributed by atoms with Gasteiger partial charge in [0, 0.05) is 13.0 Å². The molecule has 31 heavy (non-hydrogen) atoms. The second-order valence-corrected chi connectivity index (χ2v) is 7.30. The fraction of sp³-hybridized carbons (Fsp3) is 0.296. The zero-order valence-electron chi connectivity index (χ0n) is 18.5. The topological polar surface area (TPSA) is 44.8 Å². The van der Waals surface area contributed by atoms with E-state index in [0.717, 1.165) is 11.3 Å². The average molecular weight is 419 g/mol. The zero-order valence-corrected chi connectivity index (χ0v) is 18.5. The number of benzene rings is 3. The number of carbonyl (C=O) groups excluding carboxylic acids is 1. The molecule has 4 nitrogen and oxygen atoms in total. The van der Waals surface area contributed by atoms with E-state index in [1.165, 1.54) is 21.9 Å². The van der Waals surface area contributed by atoms with Gasteiger partial charge < -0.3 is 14.2 Å². The molecular weight excluding hydrogens is 388 g/mol. The largest absolute Gasteiger partial charge is 0.490 e. The third kappa shape index (κ3) is 6.43. The molecule has 1 atom stereocenters. The van der Waals surface area contributed by atoms with Gasteiger partial charge in [-0.15, -0.1) is 0 Å². The molecule has 162 valence electrons. The van der Waals surface area contributed by atoms with Crippen LogP contribution in [0.4, 0.5) is 0 Å². The second kappa shape index (κ2) is 11.3. The molecule has 0 aliphatic rings. The third-order valence-corrected chi connectivity index (χ3v) is 5.11. The fourth-order valence-electron chi connectivity index (χ4n) is 3.40. The van der Waals surface area contributed by atoms with Crippen molar-refractivity contribution < 1.29 is 19.0 Å². The molecule has 0 radical (unpaired) electrons. The first-order valence-electron chi connectivity index (χ1n) is 10.8. The first-order chi connectivity index (χ1) is 15.1. The molecule has 0 heterocycles. The van der Waals surface area contributed by atoms with Gasteiger partial charge in [-0.1, -0.05) is 48.5 Å². The highest BCUT2D eigenvalue weighted by atomic mass is 16.6. The summed E-state index contributed by atoms with van der Waals surface area (Å²) in [5, 5.41) is 2.47. The van der Waals surface area contributed by atoms with Gasteiger partial charge in [0.25, 0.3) is 0 Å². The monoisotopic (exact) mass is 418 g/mol. The number of hydrogen-bond acceptors (Lipinski definition) is 4. The van der Waals surface area contributed by atoms with E-state index < -0.39 is 6.10 Å². The Kier molecular flexibility index (Phi) is 8.25. The molecule has 4 heteroatoms. The van der Waals surface area contributed by atoms with E-state index in [4.69, 9.17) is 14.2 Å². The van der Waals surface area contributed by atoms with Crippen LogP contribution in [0.1, 0.15) is 31.9 Å². The van der Waals surface area contributed by atoms with Crippen molar-refractivity contribution in [3.8, 4) is 5.75 Å². The quantitative estimate of drug-likeness (QED) is 0.389. The summed E-state index contributed by atoms with van der Waals surface area (Å²) in [5.74, 6) is 0.467. The van der Waals surface area contributed by atoms with Crippen LogP contribution in [-0.2, 0) is 20.7 Å². The lowest BCUT2D eigenvalue weighted by Gasteiger charge is -2.15. The summed E-state index contributed by atoms with van der Waals surface area (Å²) >= 11 is 0. The van der Waals surface area contributed by atoms with Crippen LogP contribution in [0.5, 0.6) is 5.75 Å². The molecule has 0 amide bonds.